The molecular weight excluding hydrogens is 260 g/mol. The van der Waals surface area contributed by atoms with Crippen LogP contribution in [0.2, 0.25) is 0 Å². The second-order valence-corrected chi connectivity index (χ2v) is 5.82. The second kappa shape index (κ2) is 10.6. The molecular formula is C14H30N2O4. The van der Waals surface area contributed by atoms with Gasteiger partial charge in [-0.3, -0.25) is 14.9 Å². The van der Waals surface area contributed by atoms with Gasteiger partial charge in [0.05, 0.1) is 0 Å². The molecule has 0 aromatic carbocycles. The molecule has 0 unspecified atom stereocenters. The highest BCUT2D eigenvalue weighted by Gasteiger charge is 2.17. The minimum Gasteiger partial charge on any atom is -0.480 e. The summed E-state index contributed by atoms with van der Waals surface area (Å²) in [5.41, 5.74) is -0.127. The van der Waals surface area contributed by atoms with Crippen molar-refractivity contribution in [3.63, 3.8) is 0 Å². The SMILES string of the molecule is CCCCN[C@@H](C)C(=O)O.C[C@H](NC(C)(C)C)C(=O)O. The summed E-state index contributed by atoms with van der Waals surface area (Å²) >= 11 is 0. The van der Waals surface area contributed by atoms with Crippen molar-refractivity contribution >= 4 is 11.9 Å². The molecule has 0 aliphatic carbocycles. The standard InChI is InChI=1S/2C7H15NO2/c1-5(6(9)10)8-7(2,3)4;1-3-4-5-8-6(2)7(9)10/h5,8H,1-4H3,(H,9,10);6,8H,3-5H2,1-2H3,(H,9,10)/t5-;6-/m00/s1. The summed E-state index contributed by atoms with van der Waals surface area (Å²) in [4.78, 5) is 20.5. The van der Waals surface area contributed by atoms with Gasteiger partial charge < -0.3 is 15.5 Å². The first-order chi connectivity index (χ1) is 9.01. The van der Waals surface area contributed by atoms with Crippen molar-refractivity contribution in [2.75, 3.05) is 6.54 Å². The average molecular weight is 290 g/mol. The lowest BCUT2D eigenvalue weighted by molar-refractivity contribution is -0.140. The number of carboxylic acids is 2. The van der Waals surface area contributed by atoms with Crippen LogP contribution in [0.5, 0.6) is 0 Å². The van der Waals surface area contributed by atoms with E-state index >= 15 is 0 Å². The number of nitrogens with one attached hydrogen (secondary N) is 2. The highest BCUT2D eigenvalue weighted by molar-refractivity contribution is 5.73. The van der Waals surface area contributed by atoms with Crippen LogP contribution in [0, 0.1) is 0 Å². The van der Waals surface area contributed by atoms with Gasteiger partial charge in [0.1, 0.15) is 12.1 Å². The summed E-state index contributed by atoms with van der Waals surface area (Å²) in [7, 11) is 0. The molecule has 0 aliphatic heterocycles. The van der Waals surface area contributed by atoms with E-state index < -0.39 is 24.0 Å². The molecule has 0 amide bonds. The van der Waals surface area contributed by atoms with Crippen molar-refractivity contribution in [2.24, 2.45) is 0 Å². The quantitative estimate of drug-likeness (QED) is 0.533. The van der Waals surface area contributed by atoms with Crippen LogP contribution < -0.4 is 10.6 Å². The topological polar surface area (TPSA) is 98.7 Å². The highest BCUT2D eigenvalue weighted by Crippen LogP contribution is 2.00. The van der Waals surface area contributed by atoms with Gasteiger partial charge in [-0.15, -0.1) is 0 Å². The lowest BCUT2D eigenvalue weighted by Crippen LogP contribution is -2.45. The minimum atomic E-state index is -0.810. The zero-order valence-corrected chi connectivity index (χ0v) is 13.5. The van der Waals surface area contributed by atoms with Crippen molar-refractivity contribution < 1.29 is 19.8 Å². The summed E-state index contributed by atoms with van der Waals surface area (Å²) in [6.07, 6.45) is 2.14. The smallest absolute Gasteiger partial charge is 0.320 e. The second-order valence-electron chi connectivity index (χ2n) is 5.82. The molecule has 0 radical (unpaired) electrons. The van der Waals surface area contributed by atoms with Crippen LogP contribution in [-0.4, -0.2) is 46.3 Å². The van der Waals surface area contributed by atoms with Crippen LogP contribution in [0.3, 0.4) is 0 Å². The van der Waals surface area contributed by atoms with Crippen LogP contribution in [0.1, 0.15) is 54.4 Å². The Labute approximate surface area is 122 Å². The fourth-order valence-electron chi connectivity index (χ4n) is 1.29. The summed E-state index contributed by atoms with van der Waals surface area (Å²) < 4.78 is 0. The molecule has 0 aliphatic rings. The van der Waals surface area contributed by atoms with Crippen molar-refractivity contribution in [3.8, 4) is 0 Å². The maximum atomic E-state index is 10.3. The van der Waals surface area contributed by atoms with Crippen LogP contribution in [0.4, 0.5) is 0 Å². The molecule has 0 spiro atoms. The third-order valence-corrected chi connectivity index (χ3v) is 2.37. The lowest BCUT2D eigenvalue weighted by atomic mass is 10.1. The molecule has 0 saturated heterocycles. The lowest BCUT2D eigenvalue weighted by Gasteiger charge is -2.23. The Bertz CT molecular complexity index is 287. The van der Waals surface area contributed by atoms with Gasteiger partial charge >= 0.3 is 11.9 Å². The van der Waals surface area contributed by atoms with E-state index in [4.69, 9.17) is 10.2 Å². The molecule has 0 aromatic heterocycles. The normalized spacial score (nSPS) is 13.9. The molecule has 0 saturated carbocycles. The summed E-state index contributed by atoms with van der Waals surface area (Å²) in [5.74, 6) is -1.59. The Morgan fingerprint density at radius 1 is 1.05 bits per heavy atom. The monoisotopic (exact) mass is 290 g/mol. The van der Waals surface area contributed by atoms with Gasteiger partial charge in [0.2, 0.25) is 0 Å². The molecule has 0 heterocycles. The molecule has 20 heavy (non-hydrogen) atoms. The molecule has 0 aromatic rings. The largest absolute Gasteiger partial charge is 0.480 e. The van der Waals surface area contributed by atoms with Crippen LogP contribution in [0.25, 0.3) is 0 Å². The Balaban J connectivity index is 0. The van der Waals surface area contributed by atoms with E-state index in [1.54, 1.807) is 13.8 Å². The highest BCUT2D eigenvalue weighted by atomic mass is 16.4. The van der Waals surface area contributed by atoms with Crippen molar-refractivity contribution in [1.29, 1.82) is 0 Å². The van der Waals surface area contributed by atoms with Crippen molar-refractivity contribution in [1.82, 2.24) is 10.6 Å². The van der Waals surface area contributed by atoms with Gasteiger partial charge in [-0.1, -0.05) is 13.3 Å². The summed E-state index contributed by atoms with van der Waals surface area (Å²) in [6, 6.07) is -0.883. The van der Waals surface area contributed by atoms with Crippen LogP contribution in [0.15, 0.2) is 0 Å². The number of unbranched alkanes of at least 4 members (excludes halogenated alkanes) is 1. The van der Waals surface area contributed by atoms with Gasteiger partial charge in [-0.2, -0.15) is 0 Å². The molecule has 6 heteroatoms. The van der Waals surface area contributed by atoms with E-state index in [1.807, 2.05) is 20.8 Å². The molecule has 2 atom stereocenters. The van der Waals surface area contributed by atoms with Gasteiger partial charge in [0.25, 0.3) is 0 Å². The maximum Gasteiger partial charge on any atom is 0.320 e. The Morgan fingerprint density at radius 3 is 1.75 bits per heavy atom. The summed E-state index contributed by atoms with van der Waals surface area (Å²) in [5, 5.41) is 22.7. The molecule has 120 valence electrons. The third-order valence-electron chi connectivity index (χ3n) is 2.37. The minimum absolute atomic E-state index is 0.127. The number of hydrogen-bond acceptors (Lipinski definition) is 4. The van der Waals surface area contributed by atoms with Crippen LogP contribution >= 0.6 is 0 Å². The van der Waals surface area contributed by atoms with E-state index in [2.05, 4.69) is 17.6 Å². The van der Waals surface area contributed by atoms with Crippen molar-refractivity contribution in [3.05, 3.63) is 0 Å². The van der Waals surface area contributed by atoms with E-state index in [-0.39, 0.29) is 5.54 Å². The van der Waals surface area contributed by atoms with Gasteiger partial charge in [-0.25, -0.2) is 0 Å². The van der Waals surface area contributed by atoms with E-state index in [0.717, 1.165) is 19.4 Å². The fourth-order valence-corrected chi connectivity index (χ4v) is 1.29. The van der Waals surface area contributed by atoms with E-state index in [1.165, 1.54) is 0 Å². The third kappa shape index (κ3) is 14.9. The van der Waals surface area contributed by atoms with Crippen molar-refractivity contribution in [2.45, 2.75) is 72.0 Å². The predicted octanol–water partition coefficient (Wildman–Crippen LogP) is 1.70. The van der Waals surface area contributed by atoms with E-state index in [0.29, 0.717) is 0 Å². The fraction of sp³-hybridized carbons (Fsp3) is 0.857. The number of hydrogen-bond donors (Lipinski definition) is 4. The Morgan fingerprint density at radius 2 is 1.50 bits per heavy atom. The van der Waals surface area contributed by atoms with Gasteiger partial charge in [0.15, 0.2) is 0 Å². The predicted molar refractivity (Wildman–Crippen MR) is 80.0 cm³/mol. The number of aliphatic carboxylic acids is 2. The number of carboxylic acid groups (broad SMARTS) is 2. The number of carbonyl (C=O) groups is 2. The molecule has 0 bridgehead atoms. The first-order valence-electron chi connectivity index (χ1n) is 6.98. The van der Waals surface area contributed by atoms with Gasteiger partial charge in [-0.05, 0) is 47.6 Å². The Kier molecular flexibility index (Phi) is 11.2. The average Bonchev–Trinajstić information content (AvgIpc) is 2.27. The Hall–Kier alpha value is -1.14. The zero-order chi connectivity index (χ0) is 16.3. The first kappa shape index (κ1) is 21.2. The molecule has 4 N–H and O–H groups in total. The van der Waals surface area contributed by atoms with Gasteiger partial charge in [0, 0.05) is 5.54 Å². The first-order valence-corrected chi connectivity index (χ1v) is 6.98. The number of rotatable bonds is 7. The molecule has 0 rings (SSSR count). The molecule has 6 nitrogen and oxygen atoms in total. The maximum absolute atomic E-state index is 10.3. The molecule has 0 fully saturated rings. The summed E-state index contributed by atoms with van der Waals surface area (Å²) in [6.45, 7) is 12.0. The zero-order valence-electron chi connectivity index (χ0n) is 13.5. The van der Waals surface area contributed by atoms with Crippen LogP contribution in [-0.2, 0) is 9.59 Å². The van der Waals surface area contributed by atoms with E-state index in [9.17, 15) is 9.59 Å².